The zero-order chi connectivity index (χ0) is 16.9. The van der Waals surface area contributed by atoms with Crippen molar-refractivity contribution in [2.45, 2.75) is 6.54 Å². The molecule has 0 N–H and O–H groups in total. The summed E-state index contributed by atoms with van der Waals surface area (Å²) in [7, 11) is 4.08. The Balaban J connectivity index is 1.79. The van der Waals surface area contributed by atoms with Crippen LogP contribution in [-0.4, -0.2) is 14.1 Å². The van der Waals surface area contributed by atoms with Crippen LogP contribution in [0.25, 0.3) is 11.1 Å². The Morgan fingerprint density at radius 1 is 0.917 bits per heavy atom. The Morgan fingerprint density at radius 2 is 1.58 bits per heavy atom. The van der Waals surface area contributed by atoms with Crippen LogP contribution in [0, 0.1) is 11.3 Å². The second-order valence-electron chi connectivity index (χ2n) is 5.98. The molecular formula is C21H20N3+. The van der Waals surface area contributed by atoms with Gasteiger partial charge in [-0.25, -0.2) is 4.57 Å². The van der Waals surface area contributed by atoms with Crippen molar-refractivity contribution in [3.8, 4) is 17.2 Å². The lowest BCUT2D eigenvalue weighted by Crippen LogP contribution is -2.33. The normalized spacial score (nSPS) is 10.2. The second-order valence-corrected chi connectivity index (χ2v) is 5.98. The summed E-state index contributed by atoms with van der Waals surface area (Å²) in [5, 5.41) is 9.23. The van der Waals surface area contributed by atoms with Crippen molar-refractivity contribution in [3.05, 3.63) is 84.2 Å². The first-order chi connectivity index (χ1) is 11.7. The smallest absolute Gasteiger partial charge is 0.173 e. The molecule has 0 aliphatic carbocycles. The molecule has 3 rings (SSSR count). The van der Waals surface area contributed by atoms with Gasteiger partial charge in [0, 0.05) is 37.5 Å². The molecule has 0 aliphatic rings. The maximum absolute atomic E-state index is 9.23. The molecule has 0 atom stereocenters. The number of nitriles is 1. The van der Waals surface area contributed by atoms with Gasteiger partial charge in [-0.2, -0.15) is 5.26 Å². The average molecular weight is 314 g/mol. The summed E-state index contributed by atoms with van der Waals surface area (Å²) < 4.78 is 2.16. The molecule has 0 amide bonds. The van der Waals surface area contributed by atoms with Crippen molar-refractivity contribution in [2.75, 3.05) is 19.0 Å². The SMILES string of the molecule is CN(C)c1cc[n+](Cc2ccc(-c3ccccc3C#N)cc2)cc1. The number of anilines is 1. The summed E-state index contributed by atoms with van der Waals surface area (Å²) in [5.74, 6) is 0. The maximum Gasteiger partial charge on any atom is 0.173 e. The van der Waals surface area contributed by atoms with E-state index in [0.29, 0.717) is 5.56 Å². The van der Waals surface area contributed by atoms with Gasteiger partial charge in [0.15, 0.2) is 18.9 Å². The molecule has 3 heteroatoms. The first-order valence-electron chi connectivity index (χ1n) is 7.92. The van der Waals surface area contributed by atoms with Gasteiger partial charge in [-0.1, -0.05) is 42.5 Å². The fourth-order valence-corrected chi connectivity index (χ4v) is 2.69. The molecule has 1 aromatic heterocycles. The standard InChI is InChI=1S/C21H20N3/c1-23(2)20-11-13-24(14-12-20)16-17-7-9-18(10-8-17)21-6-4-3-5-19(21)15-22/h3-14H,16H2,1-2H3/q+1. The molecule has 0 spiro atoms. The summed E-state index contributed by atoms with van der Waals surface area (Å²) in [4.78, 5) is 2.09. The molecule has 2 aromatic carbocycles. The predicted octanol–water partition coefficient (Wildman–Crippen LogP) is 3.63. The number of hydrogen-bond acceptors (Lipinski definition) is 2. The highest BCUT2D eigenvalue weighted by molar-refractivity contribution is 5.70. The van der Waals surface area contributed by atoms with Crippen LogP contribution in [0.15, 0.2) is 73.1 Å². The zero-order valence-corrected chi connectivity index (χ0v) is 14.0. The van der Waals surface area contributed by atoms with Crippen molar-refractivity contribution in [1.82, 2.24) is 0 Å². The Hall–Kier alpha value is -3.12. The van der Waals surface area contributed by atoms with Crippen molar-refractivity contribution in [2.24, 2.45) is 0 Å². The van der Waals surface area contributed by atoms with E-state index < -0.39 is 0 Å². The Bertz CT molecular complexity index is 857. The van der Waals surface area contributed by atoms with E-state index in [0.717, 1.165) is 17.7 Å². The largest absolute Gasteiger partial charge is 0.377 e. The van der Waals surface area contributed by atoms with E-state index in [1.54, 1.807) is 0 Å². The number of rotatable bonds is 4. The number of aromatic nitrogens is 1. The first-order valence-corrected chi connectivity index (χ1v) is 7.92. The lowest BCUT2D eigenvalue weighted by molar-refractivity contribution is -0.688. The third-order valence-corrected chi connectivity index (χ3v) is 4.07. The van der Waals surface area contributed by atoms with Crippen LogP contribution < -0.4 is 9.47 Å². The number of pyridine rings is 1. The van der Waals surface area contributed by atoms with E-state index in [4.69, 9.17) is 0 Å². The second kappa shape index (κ2) is 6.97. The average Bonchev–Trinajstić information content (AvgIpc) is 2.63. The van der Waals surface area contributed by atoms with Gasteiger partial charge in [0.25, 0.3) is 0 Å². The molecule has 0 saturated heterocycles. The van der Waals surface area contributed by atoms with Crippen LogP contribution in [0.4, 0.5) is 5.69 Å². The van der Waals surface area contributed by atoms with Gasteiger partial charge in [-0.3, -0.25) is 0 Å². The Morgan fingerprint density at radius 3 is 2.21 bits per heavy atom. The lowest BCUT2D eigenvalue weighted by atomic mass is 9.99. The van der Waals surface area contributed by atoms with Gasteiger partial charge >= 0.3 is 0 Å². The number of nitrogens with zero attached hydrogens (tertiary/aromatic N) is 3. The van der Waals surface area contributed by atoms with Gasteiger partial charge in [0.1, 0.15) is 0 Å². The molecule has 0 bridgehead atoms. The van der Waals surface area contributed by atoms with Crippen molar-refractivity contribution < 1.29 is 4.57 Å². The maximum atomic E-state index is 9.23. The van der Waals surface area contributed by atoms with Crippen LogP contribution >= 0.6 is 0 Å². The minimum absolute atomic E-state index is 0.707. The monoisotopic (exact) mass is 314 g/mol. The first kappa shape index (κ1) is 15.8. The van der Waals surface area contributed by atoms with Crippen LogP contribution in [0.5, 0.6) is 0 Å². The van der Waals surface area contributed by atoms with E-state index in [1.165, 1.54) is 11.3 Å². The van der Waals surface area contributed by atoms with E-state index in [2.05, 4.69) is 64.3 Å². The van der Waals surface area contributed by atoms with E-state index in [9.17, 15) is 5.26 Å². The molecule has 0 aliphatic heterocycles. The molecule has 0 unspecified atom stereocenters. The summed E-state index contributed by atoms with van der Waals surface area (Å²) >= 11 is 0. The van der Waals surface area contributed by atoms with Crippen LogP contribution in [0.2, 0.25) is 0 Å². The molecule has 118 valence electrons. The van der Waals surface area contributed by atoms with Gasteiger partial charge in [0.05, 0.1) is 11.6 Å². The zero-order valence-electron chi connectivity index (χ0n) is 14.0. The van der Waals surface area contributed by atoms with Gasteiger partial charge < -0.3 is 4.90 Å². The molecule has 3 aromatic rings. The molecule has 0 radical (unpaired) electrons. The van der Waals surface area contributed by atoms with Crippen molar-refractivity contribution >= 4 is 5.69 Å². The predicted molar refractivity (Wildman–Crippen MR) is 96.7 cm³/mol. The van der Waals surface area contributed by atoms with Crippen LogP contribution in [-0.2, 0) is 6.54 Å². The molecule has 3 nitrogen and oxygen atoms in total. The summed E-state index contributed by atoms with van der Waals surface area (Å²) in [6.45, 7) is 0.827. The molecule has 24 heavy (non-hydrogen) atoms. The topological polar surface area (TPSA) is 30.9 Å². The third-order valence-electron chi connectivity index (χ3n) is 4.07. The van der Waals surface area contributed by atoms with E-state index in [1.807, 2.05) is 38.4 Å². The molecule has 0 saturated carbocycles. The number of benzene rings is 2. The Kier molecular flexibility index (Phi) is 4.58. The highest BCUT2D eigenvalue weighted by Crippen LogP contribution is 2.23. The highest BCUT2D eigenvalue weighted by atomic mass is 15.1. The summed E-state index contributed by atoms with van der Waals surface area (Å²) in [6.07, 6.45) is 4.18. The highest BCUT2D eigenvalue weighted by Gasteiger charge is 2.07. The van der Waals surface area contributed by atoms with Crippen molar-refractivity contribution in [1.29, 1.82) is 5.26 Å². The molecule has 0 fully saturated rings. The van der Waals surface area contributed by atoms with Crippen LogP contribution in [0.3, 0.4) is 0 Å². The summed E-state index contributed by atoms with van der Waals surface area (Å²) in [5.41, 5.74) is 5.18. The fraction of sp³-hybridized carbons (Fsp3) is 0.143. The van der Waals surface area contributed by atoms with Gasteiger partial charge in [0.2, 0.25) is 0 Å². The minimum atomic E-state index is 0.707. The summed E-state index contributed by atoms with van der Waals surface area (Å²) in [6, 6.07) is 22.6. The third kappa shape index (κ3) is 3.44. The molecule has 1 heterocycles. The lowest BCUT2D eigenvalue weighted by Gasteiger charge is -2.10. The fourth-order valence-electron chi connectivity index (χ4n) is 2.69. The quantitative estimate of drug-likeness (QED) is 0.689. The minimum Gasteiger partial charge on any atom is -0.377 e. The number of hydrogen-bond donors (Lipinski definition) is 0. The van der Waals surface area contributed by atoms with E-state index >= 15 is 0 Å². The Labute approximate surface area is 143 Å². The van der Waals surface area contributed by atoms with Crippen molar-refractivity contribution in [3.63, 3.8) is 0 Å². The van der Waals surface area contributed by atoms with Crippen LogP contribution in [0.1, 0.15) is 11.1 Å². The van der Waals surface area contributed by atoms with Gasteiger partial charge in [-0.05, 0) is 17.2 Å². The molecular weight excluding hydrogens is 294 g/mol. The van der Waals surface area contributed by atoms with Gasteiger partial charge in [-0.15, -0.1) is 0 Å². The van der Waals surface area contributed by atoms with E-state index in [-0.39, 0.29) is 0 Å².